The van der Waals surface area contributed by atoms with Crippen molar-refractivity contribution in [1.82, 2.24) is 5.32 Å². The summed E-state index contributed by atoms with van der Waals surface area (Å²) in [5.41, 5.74) is 4.56. The molecule has 0 spiro atoms. The monoisotopic (exact) mass is 411 g/mol. The molecule has 2 N–H and O–H groups in total. The Morgan fingerprint density at radius 2 is 1.57 bits per heavy atom. The molecule has 0 bridgehead atoms. The summed E-state index contributed by atoms with van der Waals surface area (Å²) in [4.78, 5) is 23.9. The lowest BCUT2D eigenvalue weighted by Gasteiger charge is -2.24. The third-order valence-corrected chi connectivity index (χ3v) is 5.51. The number of unbranched alkanes of at least 4 members (excludes halogenated alkanes) is 1. The van der Waals surface area contributed by atoms with E-state index in [1.807, 2.05) is 24.3 Å². The van der Waals surface area contributed by atoms with E-state index in [-0.39, 0.29) is 12.5 Å². The van der Waals surface area contributed by atoms with Crippen molar-refractivity contribution < 1.29 is 23.9 Å². The molecular formula is C24H31N2O4+. The molecule has 0 aliphatic heterocycles. The van der Waals surface area contributed by atoms with Gasteiger partial charge < -0.3 is 19.6 Å². The Morgan fingerprint density at radius 3 is 2.10 bits per heavy atom. The zero-order valence-electron chi connectivity index (χ0n) is 17.9. The number of hydrogen-bond donors (Lipinski definition) is 2. The number of aliphatic carboxylic acids is 1. The van der Waals surface area contributed by atoms with Crippen LogP contribution in [0, 0.1) is 0 Å². The zero-order chi connectivity index (χ0) is 21.7. The lowest BCUT2D eigenvalue weighted by atomic mass is 9.98. The summed E-state index contributed by atoms with van der Waals surface area (Å²) in [5.74, 6) is -1.08. The molecule has 6 nitrogen and oxygen atoms in total. The number of carboxylic acid groups (broad SMARTS) is 1. The van der Waals surface area contributed by atoms with Crippen LogP contribution < -0.4 is 5.32 Å². The third-order valence-electron chi connectivity index (χ3n) is 5.51. The molecule has 160 valence electrons. The molecule has 1 atom stereocenters. The van der Waals surface area contributed by atoms with Crippen LogP contribution in [0.3, 0.4) is 0 Å². The van der Waals surface area contributed by atoms with E-state index in [4.69, 9.17) is 4.74 Å². The average molecular weight is 412 g/mol. The van der Waals surface area contributed by atoms with Crippen LogP contribution in [0.25, 0.3) is 11.1 Å². The molecule has 0 saturated carbocycles. The first kappa shape index (κ1) is 21.8. The number of nitrogens with one attached hydrogen (secondary N) is 1. The molecule has 6 heteroatoms. The predicted octanol–water partition coefficient (Wildman–Crippen LogP) is 3.85. The van der Waals surface area contributed by atoms with E-state index in [2.05, 4.69) is 50.7 Å². The quantitative estimate of drug-likeness (QED) is 0.485. The van der Waals surface area contributed by atoms with Gasteiger partial charge in [-0.2, -0.15) is 0 Å². The second-order valence-corrected chi connectivity index (χ2v) is 8.87. The first-order chi connectivity index (χ1) is 14.3. The molecule has 3 rings (SSSR count). The van der Waals surface area contributed by atoms with Gasteiger partial charge in [-0.1, -0.05) is 48.5 Å². The van der Waals surface area contributed by atoms with E-state index in [0.29, 0.717) is 6.42 Å². The maximum atomic E-state index is 12.3. The lowest BCUT2D eigenvalue weighted by Crippen LogP contribution is -2.41. The van der Waals surface area contributed by atoms with Crippen LogP contribution in [0.1, 0.15) is 36.3 Å². The predicted molar refractivity (Wildman–Crippen MR) is 116 cm³/mol. The van der Waals surface area contributed by atoms with E-state index in [9.17, 15) is 14.7 Å². The number of nitrogens with zero attached hydrogens (tertiary/aromatic N) is 1. The molecule has 0 saturated heterocycles. The highest BCUT2D eigenvalue weighted by molar-refractivity contribution is 5.81. The second-order valence-electron chi connectivity index (χ2n) is 8.87. The Hall–Kier alpha value is -2.86. The lowest BCUT2D eigenvalue weighted by molar-refractivity contribution is -0.870. The highest BCUT2D eigenvalue weighted by atomic mass is 16.5. The third kappa shape index (κ3) is 5.39. The molecule has 0 fully saturated rings. The summed E-state index contributed by atoms with van der Waals surface area (Å²) in [6.07, 6.45) is 1.34. The standard InChI is InChI=1S/C24H30N2O4/c1-26(2,3)15-9-8-14-22(23(27)28)25-24(29)30-16-21-19-12-6-4-10-17(19)18-11-5-7-13-20(18)21/h4-7,10-13,21-22H,8-9,14-16H2,1-3H3,(H-,25,27,28,29)/p+1/t22-/m1/s1. The van der Waals surface area contributed by atoms with Gasteiger partial charge in [-0.3, -0.25) is 0 Å². The van der Waals surface area contributed by atoms with Crippen molar-refractivity contribution in [3.05, 3.63) is 59.7 Å². The molecule has 1 aliphatic rings. The van der Waals surface area contributed by atoms with Crippen LogP contribution in [0.5, 0.6) is 0 Å². The molecule has 0 radical (unpaired) electrons. The zero-order valence-corrected chi connectivity index (χ0v) is 17.9. The minimum Gasteiger partial charge on any atom is -0.480 e. The van der Waals surface area contributed by atoms with Gasteiger partial charge in [-0.05, 0) is 41.5 Å². The molecule has 0 aromatic heterocycles. The molecule has 1 aliphatic carbocycles. The van der Waals surface area contributed by atoms with Crippen LogP contribution in [-0.4, -0.2) is 62.0 Å². The van der Waals surface area contributed by atoms with Gasteiger partial charge >= 0.3 is 12.1 Å². The van der Waals surface area contributed by atoms with Gasteiger partial charge in [-0.25, -0.2) is 9.59 Å². The summed E-state index contributed by atoms with van der Waals surface area (Å²) in [6, 6.07) is 15.3. The van der Waals surface area contributed by atoms with E-state index in [1.54, 1.807) is 0 Å². The number of alkyl carbamates (subject to hydrolysis) is 1. The number of carbonyl (C=O) groups excluding carboxylic acids is 1. The van der Waals surface area contributed by atoms with E-state index in [0.717, 1.165) is 46.1 Å². The summed E-state index contributed by atoms with van der Waals surface area (Å²) >= 11 is 0. The number of fused-ring (bicyclic) bond motifs is 3. The molecule has 0 heterocycles. The Morgan fingerprint density at radius 1 is 1.00 bits per heavy atom. The minimum absolute atomic E-state index is 0.0454. The first-order valence-electron chi connectivity index (χ1n) is 10.4. The van der Waals surface area contributed by atoms with Gasteiger partial charge in [0.25, 0.3) is 0 Å². The molecule has 0 unspecified atom stereocenters. The summed E-state index contributed by atoms with van der Waals surface area (Å²) in [5, 5.41) is 12.0. The Bertz CT molecular complexity index is 859. The maximum absolute atomic E-state index is 12.3. The maximum Gasteiger partial charge on any atom is 0.407 e. The van der Waals surface area contributed by atoms with Gasteiger partial charge in [-0.15, -0.1) is 0 Å². The van der Waals surface area contributed by atoms with Gasteiger partial charge in [0.1, 0.15) is 12.6 Å². The number of carboxylic acids is 1. The van der Waals surface area contributed by atoms with E-state index >= 15 is 0 Å². The van der Waals surface area contributed by atoms with Crippen LogP contribution in [0.15, 0.2) is 48.5 Å². The fraction of sp³-hybridized carbons (Fsp3) is 0.417. The highest BCUT2D eigenvalue weighted by Gasteiger charge is 2.29. The number of hydrogen-bond acceptors (Lipinski definition) is 3. The Labute approximate surface area is 178 Å². The number of benzene rings is 2. The van der Waals surface area contributed by atoms with Gasteiger partial charge in [0.15, 0.2) is 0 Å². The van der Waals surface area contributed by atoms with Gasteiger partial charge in [0.2, 0.25) is 0 Å². The summed E-state index contributed by atoms with van der Waals surface area (Å²) in [6.45, 7) is 1.13. The fourth-order valence-corrected chi connectivity index (χ4v) is 3.97. The number of quaternary nitrogens is 1. The Balaban J connectivity index is 1.56. The van der Waals surface area contributed by atoms with Gasteiger partial charge in [0, 0.05) is 5.92 Å². The first-order valence-corrected chi connectivity index (χ1v) is 10.4. The largest absolute Gasteiger partial charge is 0.480 e. The number of rotatable bonds is 9. The summed E-state index contributed by atoms with van der Waals surface area (Å²) in [7, 11) is 6.30. The molecule has 30 heavy (non-hydrogen) atoms. The molecule has 1 amide bonds. The van der Waals surface area contributed by atoms with Crippen molar-refractivity contribution in [2.75, 3.05) is 34.3 Å². The van der Waals surface area contributed by atoms with Gasteiger partial charge in [0.05, 0.1) is 27.7 Å². The van der Waals surface area contributed by atoms with Crippen molar-refractivity contribution in [2.45, 2.75) is 31.2 Å². The molecular weight excluding hydrogens is 380 g/mol. The topological polar surface area (TPSA) is 75.6 Å². The van der Waals surface area contributed by atoms with Crippen molar-refractivity contribution in [1.29, 1.82) is 0 Å². The van der Waals surface area contributed by atoms with Crippen LogP contribution >= 0.6 is 0 Å². The van der Waals surface area contributed by atoms with Crippen molar-refractivity contribution >= 4 is 12.1 Å². The average Bonchev–Trinajstić information content (AvgIpc) is 3.01. The van der Waals surface area contributed by atoms with E-state index in [1.165, 1.54) is 0 Å². The molecule has 2 aromatic rings. The number of amides is 1. The van der Waals surface area contributed by atoms with E-state index < -0.39 is 18.1 Å². The van der Waals surface area contributed by atoms with Crippen LogP contribution in [-0.2, 0) is 9.53 Å². The second kappa shape index (κ2) is 9.30. The van der Waals surface area contributed by atoms with Crippen molar-refractivity contribution in [3.63, 3.8) is 0 Å². The normalized spacial score (nSPS) is 14.0. The smallest absolute Gasteiger partial charge is 0.407 e. The fourth-order valence-electron chi connectivity index (χ4n) is 3.97. The Kier molecular flexibility index (Phi) is 6.77. The van der Waals surface area contributed by atoms with Crippen LogP contribution in [0.4, 0.5) is 4.79 Å². The number of carbonyl (C=O) groups is 2. The van der Waals surface area contributed by atoms with Crippen molar-refractivity contribution in [2.24, 2.45) is 0 Å². The summed E-state index contributed by atoms with van der Waals surface area (Å²) < 4.78 is 6.30. The van der Waals surface area contributed by atoms with Crippen molar-refractivity contribution in [3.8, 4) is 11.1 Å². The number of ether oxygens (including phenoxy) is 1. The molecule has 2 aromatic carbocycles. The minimum atomic E-state index is -1.03. The van der Waals surface area contributed by atoms with Crippen LogP contribution in [0.2, 0.25) is 0 Å². The SMILES string of the molecule is C[N+](C)(C)CCCC[C@@H](NC(=O)OCC1c2ccccc2-c2ccccc21)C(=O)O. The highest BCUT2D eigenvalue weighted by Crippen LogP contribution is 2.44.